The Kier molecular flexibility index (Phi) is 14.2. The van der Waals surface area contributed by atoms with Crippen LogP contribution in [0.15, 0.2) is 24.3 Å². The number of hydrogen-bond acceptors (Lipinski definition) is 6. The molecule has 2 atom stereocenters. The van der Waals surface area contributed by atoms with Gasteiger partial charge in [-0.15, -0.1) is 0 Å². The third-order valence-corrected chi connectivity index (χ3v) is 6.04. The van der Waals surface area contributed by atoms with E-state index in [0.717, 1.165) is 5.56 Å². The lowest BCUT2D eigenvalue weighted by Gasteiger charge is -2.26. The minimum absolute atomic E-state index is 0.0220. The third kappa shape index (κ3) is 14.0. The van der Waals surface area contributed by atoms with Crippen LogP contribution in [0, 0.1) is 17.3 Å². The van der Waals surface area contributed by atoms with Crippen LogP contribution in [0.4, 0.5) is 10.5 Å². The van der Waals surface area contributed by atoms with Gasteiger partial charge in [0.1, 0.15) is 18.7 Å². The summed E-state index contributed by atoms with van der Waals surface area (Å²) >= 11 is 0. The molecule has 0 heterocycles. The van der Waals surface area contributed by atoms with Gasteiger partial charge in [0, 0.05) is 18.7 Å². The number of carbonyl (C=O) groups excluding carboxylic acids is 5. The Morgan fingerprint density at radius 1 is 0.925 bits per heavy atom. The average molecular weight is 562 g/mol. The Labute approximate surface area is 237 Å². The maximum absolute atomic E-state index is 13.2. The summed E-state index contributed by atoms with van der Waals surface area (Å²) in [5.41, 5.74) is 6.35. The van der Waals surface area contributed by atoms with Crippen LogP contribution in [-0.2, 0) is 30.5 Å². The number of amides is 5. The van der Waals surface area contributed by atoms with Gasteiger partial charge in [0.05, 0.1) is 5.92 Å². The summed E-state index contributed by atoms with van der Waals surface area (Å²) < 4.78 is 5.22. The molecule has 40 heavy (non-hydrogen) atoms. The number of nitrogens with two attached hydrogens (primary N) is 1. The standard InChI is InChI=1S/C29H47N5O6/c1-18(2)24(34-23(35)14-15-29(5,6)7)26(37)33-22(9-8-16-31-28(30)39)25(36)32-21-12-10-20(11-13-21)17-40-27(38)19(3)4/h10-13,18-19,22,24H,8-9,14-17H2,1-7H3,(H,32,36)(H,33,37)(H,34,35)(H3,30,31,39)/t22-,24?/m0/s1. The summed E-state index contributed by atoms with van der Waals surface area (Å²) in [5, 5.41) is 10.8. The van der Waals surface area contributed by atoms with E-state index in [9.17, 15) is 24.0 Å². The number of primary amides is 1. The van der Waals surface area contributed by atoms with E-state index in [0.29, 0.717) is 18.5 Å². The van der Waals surface area contributed by atoms with Gasteiger partial charge in [-0.05, 0) is 48.3 Å². The number of carbonyl (C=O) groups is 5. The number of esters is 1. The Morgan fingerprint density at radius 2 is 1.55 bits per heavy atom. The van der Waals surface area contributed by atoms with Crippen LogP contribution in [0.3, 0.4) is 0 Å². The maximum atomic E-state index is 13.2. The molecule has 1 unspecified atom stereocenters. The zero-order chi connectivity index (χ0) is 30.5. The molecular formula is C29H47N5O6. The summed E-state index contributed by atoms with van der Waals surface area (Å²) in [4.78, 5) is 61.6. The van der Waals surface area contributed by atoms with Crippen LogP contribution in [0.25, 0.3) is 0 Å². The number of urea groups is 1. The topological polar surface area (TPSA) is 169 Å². The molecule has 0 spiro atoms. The first-order chi connectivity index (χ1) is 18.6. The fourth-order valence-corrected chi connectivity index (χ4v) is 3.55. The van der Waals surface area contributed by atoms with Crippen LogP contribution in [0.2, 0.25) is 0 Å². The second-order valence-corrected chi connectivity index (χ2v) is 11.8. The summed E-state index contributed by atoms with van der Waals surface area (Å²) in [6.45, 7) is 13.6. The Hall–Kier alpha value is -3.63. The summed E-state index contributed by atoms with van der Waals surface area (Å²) in [6.07, 6.45) is 1.56. The Morgan fingerprint density at radius 3 is 2.08 bits per heavy atom. The van der Waals surface area contributed by atoms with Crippen LogP contribution in [-0.4, -0.2) is 48.4 Å². The lowest BCUT2D eigenvalue weighted by atomic mass is 9.90. The zero-order valence-corrected chi connectivity index (χ0v) is 24.9. The molecule has 0 aromatic heterocycles. The molecule has 11 heteroatoms. The van der Waals surface area contributed by atoms with Gasteiger partial charge in [0.25, 0.3) is 0 Å². The molecule has 0 saturated heterocycles. The van der Waals surface area contributed by atoms with Crippen LogP contribution < -0.4 is 27.0 Å². The summed E-state index contributed by atoms with van der Waals surface area (Å²) in [6, 6.07) is 4.39. The zero-order valence-electron chi connectivity index (χ0n) is 24.9. The molecule has 1 rings (SSSR count). The van der Waals surface area contributed by atoms with E-state index in [1.54, 1.807) is 38.1 Å². The van der Waals surface area contributed by atoms with E-state index in [1.807, 2.05) is 34.6 Å². The smallest absolute Gasteiger partial charge is 0.312 e. The normalized spacial score (nSPS) is 12.8. The van der Waals surface area contributed by atoms with Gasteiger partial charge in [0.2, 0.25) is 17.7 Å². The fraction of sp³-hybridized carbons (Fsp3) is 0.621. The van der Waals surface area contributed by atoms with Gasteiger partial charge >= 0.3 is 12.0 Å². The van der Waals surface area contributed by atoms with Gasteiger partial charge in [0.15, 0.2) is 0 Å². The van der Waals surface area contributed by atoms with Gasteiger partial charge in [-0.25, -0.2) is 4.79 Å². The Bertz CT molecular complexity index is 1000. The van der Waals surface area contributed by atoms with Crippen LogP contribution in [0.1, 0.15) is 79.7 Å². The molecule has 1 aromatic carbocycles. The van der Waals surface area contributed by atoms with E-state index in [1.165, 1.54) is 0 Å². The van der Waals surface area contributed by atoms with E-state index in [-0.39, 0.29) is 55.1 Å². The molecule has 0 saturated carbocycles. The van der Waals surface area contributed by atoms with Crippen molar-refractivity contribution < 1.29 is 28.7 Å². The van der Waals surface area contributed by atoms with Crippen molar-refractivity contribution in [3.05, 3.63) is 29.8 Å². The minimum Gasteiger partial charge on any atom is -0.461 e. The molecule has 0 aliphatic carbocycles. The van der Waals surface area contributed by atoms with Crippen molar-refractivity contribution in [3.63, 3.8) is 0 Å². The number of rotatable bonds is 15. The third-order valence-electron chi connectivity index (χ3n) is 6.04. The van der Waals surface area contributed by atoms with Gasteiger partial charge in [-0.1, -0.05) is 60.6 Å². The molecule has 5 amide bonds. The molecule has 0 aliphatic rings. The number of benzene rings is 1. The SMILES string of the molecule is CC(C)C(=O)OCc1ccc(NC(=O)[C@H](CCCNC(N)=O)NC(=O)C(NC(=O)CCC(C)(C)C)C(C)C)cc1. The largest absolute Gasteiger partial charge is 0.461 e. The number of hydrogen-bond donors (Lipinski definition) is 5. The van der Waals surface area contributed by atoms with Crippen molar-refractivity contribution in [1.82, 2.24) is 16.0 Å². The lowest BCUT2D eigenvalue weighted by molar-refractivity contribution is -0.148. The highest BCUT2D eigenvalue weighted by Gasteiger charge is 2.29. The van der Waals surface area contributed by atoms with Crippen LogP contribution >= 0.6 is 0 Å². The molecule has 0 fully saturated rings. The van der Waals surface area contributed by atoms with E-state index >= 15 is 0 Å². The van der Waals surface area contributed by atoms with Crippen LogP contribution in [0.5, 0.6) is 0 Å². The first-order valence-corrected chi connectivity index (χ1v) is 13.8. The molecule has 0 bridgehead atoms. The van der Waals surface area contributed by atoms with Crippen molar-refractivity contribution in [1.29, 1.82) is 0 Å². The molecule has 11 nitrogen and oxygen atoms in total. The Balaban J connectivity index is 2.91. The van der Waals surface area contributed by atoms with Crippen molar-refractivity contribution in [2.75, 3.05) is 11.9 Å². The molecule has 0 aliphatic heterocycles. The van der Waals surface area contributed by atoms with Gasteiger partial charge in [-0.2, -0.15) is 0 Å². The molecule has 0 radical (unpaired) electrons. The number of anilines is 1. The van der Waals surface area contributed by atoms with Gasteiger partial charge < -0.3 is 31.7 Å². The maximum Gasteiger partial charge on any atom is 0.312 e. The predicted octanol–water partition coefficient (Wildman–Crippen LogP) is 3.22. The van der Waals surface area contributed by atoms with Crippen molar-refractivity contribution in [3.8, 4) is 0 Å². The highest BCUT2D eigenvalue weighted by Crippen LogP contribution is 2.20. The first kappa shape index (κ1) is 34.4. The average Bonchev–Trinajstić information content (AvgIpc) is 2.86. The van der Waals surface area contributed by atoms with Crippen molar-refractivity contribution in [2.45, 2.75) is 92.8 Å². The lowest BCUT2D eigenvalue weighted by Crippen LogP contribution is -2.54. The minimum atomic E-state index is -0.929. The number of ether oxygens (including phenoxy) is 1. The molecular weight excluding hydrogens is 514 g/mol. The second-order valence-electron chi connectivity index (χ2n) is 11.8. The molecule has 224 valence electrons. The summed E-state index contributed by atoms with van der Waals surface area (Å²) in [5.74, 6) is -1.88. The monoisotopic (exact) mass is 561 g/mol. The molecule has 6 N–H and O–H groups in total. The van der Waals surface area contributed by atoms with E-state index < -0.39 is 29.9 Å². The van der Waals surface area contributed by atoms with Crippen molar-refractivity contribution >= 4 is 35.4 Å². The van der Waals surface area contributed by atoms with Crippen molar-refractivity contribution in [2.24, 2.45) is 23.0 Å². The van der Waals surface area contributed by atoms with E-state index in [2.05, 4.69) is 21.3 Å². The van der Waals surface area contributed by atoms with Gasteiger partial charge in [-0.3, -0.25) is 19.2 Å². The number of nitrogens with one attached hydrogen (secondary N) is 4. The predicted molar refractivity (Wildman–Crippen MR) is 154 cm³/mol. The first-order valence-electron chi connectivity index (χ1n) is 13.8. The second kappa shape index (κ2) is 16.5. The highest BCUT2D eigenvalue weighted by atomic mass is 16.5. The fourth-order valence-electron chi connectivity index (χ4n) is 3.55. The van der Waals surface area contributed by atoms with E-state index in [4.69, 9.17) is 10.5 Å². The highest BCUT2D eigenvalue weighted by molar-refractivity contribution is 5.98. The summed E-state index contributed by atoms with van der Waals surface area (Å²) in [7, 11) is 0. The molecule has 1 aromatic rings. The quantitative estimate of drug-likeness (QED) is 0.163.